The SMILES string of the molecule is CC(C)(C)c1ccc(N2c3c(sc4cc5c(cc34)C(C)(C)CCC5(C)C)B3c4c(cc5oc6ccccc6c5c42)-c2cc(C(C)(C)C)cc4c5cc(C(C)(C)C)ccc5n3c24)c(-c2ccccc2)c1. The molecule has 2 aliphatic heterocycles. The average molecular weight is 919 g/mol. The topological polar surface area (TPSA) is 21.3 Å². The number of hydrogen-bond acceptors (Lipinski definition) is 3. The number of anilines is 3. The van der Waals surface area contributed by atoms with Crippen molar-refractivity contribution in [2.75, 3.05) is 4.90 Å². The van der Waals surface area contributed by atoms with E-state index in [1.165, 1.54) is 121 Å². The number of para-hydroxylation sites is 1. The lowest BCUT2D eigenvalue weighted by molar-refractivity contribution is 0.332. The molecule has 3 nitrogen and oxygen atoms in total. The standard InChI is InChI=1S/C64H63BN2OS/c1-60(2,3)37-23-25-49(41(29-37)36-19-15-14-16-20-36)66-57-46-33-47-48(64(12,13)28-27-63(47,10)11)35-53(46)69-59(57)65-55-43(34-52-54(58(55)66)40-21-17-18-22-51(40)68-52)45-32-39(62(7,8)9)31-44-42-30-38(61(4,5)6)24-26-50(42)67(65)56(44)45/h14-26,29-35H,27-28H2,1-13H3. The van der Waals surface area contributed by atoms with Gasteiger partial charge in [-0.15, -0.1) is 11.3 Å². The van der Waals surface area contributed by atoms with E-state index in [0.717, 1.165) is 23.0 Å². The highest BCUT2D eigenvalue weighted by Gasteiger charge is 2.48. The minimum Gasteiger partial charge on any atom is -0.456 e. The number of benzene rings is 7. The zero-order valence-corrected chi connectivity index (χ0v) is 43.6. The van der Waals surface area contributed by atoms with Crippen molar-refractivity contribution in [3.8, 4) is 22.3 Å². The van der Waals surface area contributed by atoms with Gasteiger partial charge in [0.2, 0.25) is 0 Å². The van der Waals surface area contributed by atoms with Crippen LogP contribution in [0.15, 0.2) is 126 Å². The summed E-state index contributed by atoms with van der Waals surface area (Å²) in [5.41, 5.74) is 21.6. The lowest BCUT2D eigenvalue weighted by atomic mass is 9.48. The maximum absolute atomic E-state index is 7.13. The largest absolute Gasteiger partial charge is 0.456 e. The lowest BCUT2D eigenvalue weighted by Crippen LogP contribution is -2.55. The molecule has 10 aromatic rings. The fourth-order valence-electron chi connectivity index (χ4n) is 12.5. The van der Waals surface area contributed by atoms with Crippen molar-refractivity contribution in [2.24, 2.45) is 0 Å². The van der Waals surface area contributed by atoms with Gasteiger partial charge < -0.3 is 13.8 Å². The Labute approximate surface area is 412 Å². The number of nitrogens with zero attached hydrogens (tertiary/aromatic N) is 2. The Kier molecular flexibility index (Phi) is 8.63. The molecule has 13 rings (SSSR count). The summed E-state index contributed by atoms with van der Waals surface area (Å²) < 4.78 is 12.7. The van der Waals surface area contributed by atoms with Gasteiger partial charge in [-0.05, 0) is 145 Å². The maximum Gasteiger partial charge on any atom is 0.343 e. The van der Waals surface area contributed by atoms with Crippen LogP contribution in [0.3, 0.4) is 0 Å². The Balaban J connectivity index is 1.27. The highest BCUT2D eigenvalue weighted by atomic mass is 32.1. The first-order valence-corrected chi connectivity index (χ1v) is 26.1. The smallest absolute Gasteiger partial charge is 0.343 e. The third kappa shape index (κ3) is 6.05. The van der Waals surface area contributed by atoms with Crippen LogP contribution < -0.4 is 15.1 Å². The van der Waals surface area contributed by atoms with Crippen LogP contribution in [0, 0.1) is 0 Å². The minimum atomic E-state index is -0.0859. The molecule has 5 heteroatoms. The third-order valence-corrected chi connectivity index (χ3v) is 17.9. The van der Waals surface area contributed by atoms with E-state index in [0.29, 0.717) is 0 Å². The first-order valence-electron chi connectivity index (χ1n) is 25.3. The molecule has 0 fully saturated rings. The first kappa shape index (κ1) is 43.0. The van der Waals surface area contributed by atoms with Crippen molar-refractivity contribution < 1.29 is 4.42 Å². The highest BCUT2D eigenvalue weighted by molar-refractivity contribution is 7.32. The van der Waals surface area contributed by atoms with E-state index in [1.54, 1.807) is 0 Å². The number of hydrogen-bond donors (Lipinski definition) is 0. The highest BCUT2D eigenvalue weighted by Crippen LogP contribution is 2.56. The van der Waals surface area contributed by atoms with E-state index in [4.69, 9.17) is 4.42 Å². The van der Waals surface area contributed by atoms with Crippen molar-refractivity contribution in [2.45, 2.75) is 130 Å². The molecule has 3 aromatic heterocycles. The summed E-state index contributed by atoms with van der Waals surface area (Å²) in [6, 6.07) is 47.3. The number of aromatic nitrogens is 1. The van der Waals surface area contributed by atoms with Gasteiger partial charge in [-0.25, -0.2) is 0 Å². The summed E-state index contributed by atoms with van der Waals surface area (Å²) in [6.07, 6.45) is 2.34. The second-order valence-electron chi connectivity index (χ2n) is 25.2. The Hall–Kier alpha value is -6.04. The molecule has 0 unspecified atom stereocenters. The normalized spacial score (nSPS) is 16.2. The van der Waals surface area contributed by atoms with E-state index in [-0.39, 0.29) is 33.9 Å². The van der Waals surface area contributed by atoms with Gasteiger partial charge in [0.1, 0.15) is 11.2 Å². The number of furan rings is 1. The number of fused-ring (bicyclic) bond motifs is 14. The van der Waals surface area contributed by atoms with Crippen LogP contribution in [0.1, 0.15) is 131 Å². The molecular formula is C64H63BN2OS. The molecule has 0 saturated carbocycles. The molecule has 344 valence electrons. The summed E-state index contributed by atoms with van der Waals surface area (Å²) in [6.45, 7) is 30.9. The molecular weight excluding hydrogens is 856 g/mol. The Morgan fingerprint density at radius 1 is 0.536 bits per heavy atom. The second kappa shape index (κ2) is 13.8. The van der Waals surface area contributed by atoms with Crippen molar-refractivity contribution in [3.05, 3.63) is 149 Å². The number of rotatable bonds is 2. The van der Waals surface area contributed by atoms with Crippen LogP contribution in [0.5, 0.6) is 0 Å². The van der Waals surface area contributed by atoms with Gasteiger partial charge in [-0.1, -0.05) is 151 Å². The Morgan fingerprint density at radius 2 is 1.16 bits per heavy atom. The average Bonchev–Trinajstić information content (AvgIpc) is 3.97. The van der Waals surface area contributed by atoms with E-state index >= 15 is 0 Å². The summed E-state index contributed by atoms with van der Waals surface area (Å²) in [5.74, 6) is 0. The van der Waals surface area contributed by atoms with Gasteiger partial charge in [0.15, 0.2) is 0 Å². The molecule has 0 N–H and O–H groups in total. The molecule has 0 atom stereocenters. The molecule has 0 spiro atoms. The molecule has 0 radical (unpaired) electrons. The van der Waals surface area contributed by atoms with Crippen molar-refractivity contribution in [3.63, 3.8) is 0 Å². The van der Waals surface area contributed by atoms with Crippen molar-refractivity contribution >= 4 is 99.3 Å². The molecule has 5 heterocycles. The fourth-order valence-corrected chi connectivity index (χ4v) is 13.8. The lowest BCUT2D eigenvalue weighted by Gasteiger charge is -2.42. The Bertz CT molecular complexity index is 3850. The zero-order chi connectivity index (χ0) is 48.1. The van der Waals surface area contributed by atoms with E-state index < -0.39 is 0 Å². The van der Waals surface area contributed by atoms with E-state index in [9.17, 15) is 0 Å². The minimum absolute atomic E-state index is 0.00141. The number of thiophene rings is 1. The van der Waals surface area contributed by atoms with Gasteiger partial charge in [0.05, 0.1) is 22.4 Å². The van der Waals surface area contributed by atoms with Crippen molar-refractivity contribution in [1.29, 1.82) is 0 Å². The maximum atomic E-state index is 7.13. The van der Waals surface area contributed by atoms with E-state index in [2.05, 4.69) is 221 Å². The van der Waals surface area contributed by atoms with Gasteiger partial charge in [-0.3, -0.25) is 0 Å². The van der Waals surface area contributed by atoms with Gasteiger partial charge >= 0.3 is 6.85 Å². The molecule has 0 amide bonds. The quantitative estimate of drug-likeness (QED) is 0.161. The fraction of sp³-hybridized carbons (Fsp3) is 0.312. The van der Waals surface area contributed by atoms with Crippen LogP contribution in [0.2, 0.25) is 0 Å². The van der Waals surface area contributed by atoms with Gasteiger partial charge in [0.25, 0.3) is 0 Å². The van der Waals surface area contributed by atoms with Gasteiger partial charge in [0, 0.05) is 53.2 Å². The van der Waals surface area contributed by atoms with Crippen LogP contribution >= 0.6 is 11.3 Å². The van der Waals surface area contributed by atoms with Crippen LogP contribution in [-0.4, -0.2) is 11.3 Å². The third-order valence-electron chi connectivity index (χ3n) is 16.7. The van der Waals surface area contributed by atoms with Gasteiger partial charge in [-0.2, -0.15) is 0 Å². The summed E-state index contributed by atoms with van der Waals surface area (Å²) in [5, 5.41) is 6.34. The predicted molar refractivity (Wildman–Crippen MR) is 299 cm³/mol. The van der Waals surface area contributed by atoms with Crippen LogP contribution in [-0.2, 0) is 27.1 Å². The molecule has 7 aromatic carbocycles. The summed E-state index contributed by atoms with van der Waals surface area (Å²) >= 11 is 2.03. The van der Waals surface area contributed by atoms with Crippen molar-refractivity contribution in [1.82, 2.24) is 4.48 Å². The summed E-state index contributed by atoms with van der Waals surface area (Å²) in [4.78, 5) is 2.73. The molecule has 69 heavy (non-hydrogen) atoms. The summed E-state index contributed by atoms with van der Waals surface area (Å²) in [7, 11) is 0. The molecule has 3 aliphatic rings. The Morgan fingerprint density at radius 3 is 1.87 bits per heavy atom. The molecule has 1 aliphatic carbocycles. The second-order valence-corrected chi connectivity index (χ2v) is 26.3. The first-order chi connectivity index (χ1) is 32.6. The molecule has 0 bridgehead atoms. The van der Waals surface area contributed by atoms with E-state index in [1.807, 2.05) is 11.3 Å². The van der Waals surface area contributed by atoms with Crippen LogP contribution in [0.25, 0.3) is 76.1 Å². The molecule has 0 saturated heterocycles. The van der Waals surface area contributed by atoms with Crippen LogP contribution in [0.4, 0.5) is 17.1 Å². The zero-order valence-electron chi connectivity index (χ0n) is 42.7. The monoisotopic (exact) mass is 918 g/mol. The predicted octanol–water partition coefficient (Wildman–Crippen LogP) is 17.2.